The molecule has 2 aliphatic rings. The van der Waals surface area contributed by atoms with Gasteiger partial charge in [-0.3, -0.25) is 9.59 Å². The molecule has 0 radical (unpaired) electrons. The molecule has 1 unspecified atom stereocenters. The van der Waals surface area contributed by atoms with Crippen LogP contribution in [0.5, 0.6) is 0 Å². The Morgan fingerprint density at radius 2 is 2.09 bits per heavy atom. The van der Waals surface area contributed by atoms with Gasteiger partial charge in [0, 0.05) is 24.6 Å². The molecule has 1 aromatic rings. The van der Waals surface area contributed by atoms with Crippen molar-refractivity contribution in [1.82, 2.24) is 4.90 Å². The molecule has 1 heterocycles. The van der Waals surface area contributed by atoms with E-state index < -0.39 is 0 Å². The number of rotatable bonds is 3. The van der Waals surface area contributed by atoms with Crippen molar-refractivity contribution < 1.29 is 9.59 Å². The number of allylic oxidation sites excluding steroid dienone is 2. The number of primary amides is 1. The number of likely N-dealkylation sites (tertiary alicyclic amines) is 1. The molecule has 23 heavy (non-hydrogen) atoms. The first-order valence-corrected chi connectivity index (χ1v) is 7.97. The largest absolute Gasteiger partial charge is 0.366 e. The van der Waals surface area contributed by atoms with Crippen LogP contribution in [0, 0.1) is 0 Å². The molecule has 1 fully saturated rings. The Morgan fingerprint density at radius 1 is 1.35 bits per heavy atom. The molecule has 0 spiro atoms. The number of amides is 2. The molecule has 1 aliphatic carbocycles. The topological polar surface area (TPSA) is 63.4 Å². The van der Waals surface area contributed by atoms with Crippen LogP contribution < -0.4 is 5.73 Å². The minimum Gasteiger partial charge on any atom is -0.366 e. The molecule has 2 amide bonds. The Morgan fingerprint density at radius 3 is 2.74 bits per heavy atom. The van der Waals surface area contributed by atoms with Gasteiger partial charge in [-0.15, -0.1) is 0 Å². The normalized spacial score (nSPS) is 19.9. The van der Waals surface area contributed by atoms with Crippen LogP contribution >= 0.6 is 0 Å². The van der Waals surface area contributed by atoms with Gasteiger partial charge in [-0.2, -0.15) is 0 Å². The molecule has 2 N–H and O–H groups in total. The molecule has 120 valence electrons. The predicted molar refractivity (Wildman–Crippen MR) is 91.1 cm³/mol. The summed E-state index contributed by atoms with van der Waals surface area (Å²) in [7, 11) is 0. The Balaban J connectivity index is 2.02. The van der Waals surface area contributed by atoms with Gasteiger partial charge in [0.2, 0.25) is 11.8 Å². The minimum atomic E-state index is -0.370. The third-order valence-electron chi connectivity index (χ3n) is 5.18. The standard InChI is InChI=1S/C19H22N2O2/c1-4-17(22)21-8-7-13(10-21)14-5-6-15(19(20)23)16-9-11(2)12(3)18(14)16/h4-6,13H,1,7-10H2,2-3H3,(H2,20,23). The van der Waals surface area contributed by atoms with Crippen molar-refractivity contribution in [3.05, 3.63) is 52.6 Å². The Kier molecular flexibility index (Phi) is 3.84. The number of fused-ring (bicyclic) bond motifs is 1. The average molecular weight is 310 g/mol. The van der Waals surface area contributed by atoms with E-state index >= 15 is 0 Å². The molecule has 3 rings (SSSR count). The van der Waals surface area contributed by atoms with Crippen LogP contribution in [0.1, 0.15) is 53.2 Å². The summed E-state index contributed by atoms with van der Waals surface area (Å²) in [5.41, 5.74) is 12.2. The molecule has 0 aromatic heterocycles. The van der Waals surface area contributed by atoms with E-state index in [0.717, 1.165) is 24.9 Å². The number of carbonyl (C=O) groups is 2. The highest BCUT2D eigenvalue weighted by atomic mass is 16.2. The van der Waals surface area contributed by atoms with E-state index in [1.165, 1.54) is 28.3 Å². The SMILES string of the molecule is C=CC(=O)N1CCC(c2ccc(C(N)=O)c3c2C(C)=C(C)C3)C1. The van der Waals surface area contributed by atoms with Crippen LogP contribution in [-0.2, 0) is 11.2 Å². The summed E-state index contributed by atoms with van der Waals surface area (Å²) in [6.07, 6.45) is 3.10. The van der Waals surface area contributed by atoms with E-state index in [4.69, 9.17) is 5.73 Å². The molecule has 1 aliphatic heterocycles. The molecule has 0 saturated carbocycles. The Bertz CT molecular complexity index is 746. The maximum atomic E-state index is 11.8. The third-order valence-corrected chi connectivity index (χ3v) is 5.18. The smallest absolute Gasteiger partial charge is 0.249 e. The summed E-state index contributed by atoms with van der Waals surface area (Å²) < 4.78 is 0. The van der Waals surface area contributed by atoms with Gasteiger partial charge in [-0.25, -0.2) is 0 Å². The minimum absolute atomic E-state index is 0.0126. The zero-order valence-corrected chi connectivity index (χ0v) is 13.7. The van der Waals surface area contributed by atoms with Gasteiger partial charge < -0.3 is 10.6 Å². The zero-order valence-electron chi connectivity index (χ0n) is 13.7. The lowest BCUT2D eigenvalue weighted by Crippen LogP contribution is -2.26. The summed E-state index contributed by atoms with van der Waals surface area (Å²) in [4.78, 5) is 25.4. The molecular formula is C19H22N2O2. The number of hydrogen-bond donors (Lipinski definition) is 1. The van der Waals surface area contributed by atoms with E-state index in [9.17, 15) is 9.59 Å². The van der Waals surface area contributed by atoms with Crippen LogP contribution in [0.2, 0.25) is 0 Å². The van der Waals surface area contributed by atoms with Gasteiger partial charge in [-0.1, -0.05) is 18.2 Å². The van der Waals surface area contributed by atoms with Crippen LogP contribution in [0.15, 0.2) is 30.4 Å². The van der Waals surface area contributed by atoms with E-state index in [2.05, 4.69) is 20.4 Å². The van der Waals surface area contributed by atoms with Crippen molar-refractivity contribution in [2.45, 2.75) is 32.6 Å². The molecule has 4 heteroatoms. The van der Waals surface area contributed by atoms with Gasteiger partial charge in [0.15, 0.2) is 0 Å². The van der Waals surface area contributed by atoms with Crippen LogP contribution in [-0.4, -0.2) is 29.8 Å². The number of carbonyl (C=O) groups excluding carboxylic acids is 2. The second kappa shape index (κ2) is 5.69. The van der Waals surface area contributed by atoms with E-state index in [0.29, 0.717) is 18.0 Å². The van der Waals surface area contributed by atoms with Crippen molar-refractivity contribution in [3.8, 4) is 0 Å². The highest BCUT2D eigenvalue weighted by Gasteiger charge is 2.31. The molecule has 0 bridgehead atoms. The molecule has 1 saturated heterocycles. The lowest BCUT2D eigenvalue weighted by atomic mass is 9.87. The second-order valence-corrected chi connectivity index (χ2v) is 6.48. The molecule has 1 aromatic carbocycles. The maximum absolute atomic E-state index is 11.8. The van der Waals surface area contributed by atoms with Crippen LogP contribution in [0.3, 0.4) is 0 Å². The van der Waals surface area contributed by atoms with Crippen molar-refractivity contribution in [2.75, 3.05) is 13.1 Å². The highest BCUT2D eigenvalue weighted by Crippen LogP contribution is 2.41. The summed E-state index contributed by atoms with van der Waals surface area (Å²) >= 11 is 0. The summed E-state index contributed by atoms with van der Waals surface area (Å²) in [5.74, 6) is -0.0815. The number of nitrogens with zero attached hydrogens (tertiary/aromatic N) is 1. The molecule has 1 atom stereocenters. The maximum Gasteiger partial charge on any atom is 0.249 e. The fourth-order valence-corrected chi connectivity index (χ4v) is 3.82. The highest BCUT2D eigenvalue weighted by molar-refractivity contribution is 5.97. The van der Waals surface area contributed by atoms with Gasteiger partial charge in [0.05, 0.1) is 0 Å². The quantitative estimate of drug-likeness (QED) is 0.872. The van der Waals surface area contributed by atoms with Gasteiger partial charge in [0.25, 0.3) is 0 Å². The Labute approximate surface area is 136 Å². The lowest BCUT2D eigenvalue weighted by Gasteiger charge is -2.19. The second-order valence-electron chi connectivity index (χ2n) is 6.48. The van der Waals surface area contributed by atoms with E-state index in [1.54, 1.807) is 0 Å². The third kappa shape index (κ3) is 2.48. The number of hydrogen-bond acceptors (Lipinski definition) is 2. The van der Waals surface area contributed by atoms with Gasteiger partial charge in [-0.05, 0) is 61.1 Å². The predicted octanol–water partition coefficient (Wildman–Crippen LogP) is 2.64. The fourth-order valence-electron chi connectivity index (χ4n) is 3.82. The zero-order chi connectivity index (χ0) is 16.7. The van der Waals surface area contributed by atoms with Crippen molar-refractivity contribution in [2.24, 2.45) is 5.73 Å². The average Bonchev–Trinajstić information content (AvgIpc) is 3.12. The molecule has 4 nitrogen and oxygen atoms in total. The number of benzene rings is 1. The summed E-state index contributed by atoms with van der Waals surface area (Å²) in [6.45, 7) is 9.24. The molecular weight excluding hydrogens is 288 g/mol. The summed E-state index contributed by atoms with van der Waals surface area (Å²) in [6, 6.07) is 3.87. The first kappa shape index (κ1) is 15.5. The first-order chi connectivity index (χ1) is 10.9. The van der Waals surface area contributed by atoms with E-state index in [-0.39, 0.29) is 11.8 Å². The number of nitrogens with two attached hydrogens (primary N) is 1. The van der Waals surface area contributed by atoms with Crippen molar-refractivity contribution in [1.29, 1.82) is 0 Å². The lowest BCUT2D eigenvalue weighted by molar-refractivity contribution is -0.125. The van der Waals surface area contributed by atoms with Crippen LogP contribution in [0.4, 0.5) is 0 Å². The van der Waals surface area contributed by atoms with E-state index in [1.807, 2.05) is 17.0 Å². The monoisotopic (exact) mass is 310 g/mol. The Hall–Kier alpha value is -2.36. The van der Waals surface area contributed by atoms with Crippen LogP contribution in [0.25, 0.3) is 5.57 Å². The van der Waals surface area contributed by atoms with Crippen molar-refractivity contribution >= 4 is 17.4 Å². The van der Waals surface area contributed by atoms with Crippen molar-refractivity contribution in [3.63, 3.8) is 0 Å². The van der Waals surface area contributed by atoms with Gasteiger partial charge >= 0.3 is 0 Å². The first-order valence-electron chi connectivity index (χ1n) is 7.97. The summed E-state index contributed by atoms with van der Waals surface area (Å²) in [5, 5.41) is 0. The fraction of sp³-hybridized carbons (Fsp3) is 0.368. The van der Waals surface area contributed by atoms with Gasteiger partial charge in [0.1, 0.15) is 0 Å².